The summed E-state index contributed by atoms with van der Waals surface area (Å²) in [6, 6.07) is 8.57. The van der Waals surface area contributed by atoms with Crippen LogP contribution in [0.1, 0.15) is 77.2 Å². The molecule has 1 aromatic heterocycles. The van der Waals surface area contributed by atoms with Gasteiger partial charge in [-0.2, -0.15) is 4.90 Å². The molecule has 1 aromatic carbocycles. The Bertz CT molecular complexity index is 1140. The molecule has 10 heteroatoms. The lowest BCUT2D eigenvalue weighted by molar-refractivity contribution is 0.0425. The number of aromatic nitrogens is 1. The quantitative estimate of drug-likeness (QED) is 0.209. The molecule has 0 unspecified atom stereocenters. The number of hydrogen-bond donors (Lipinski definition) is 0. The van der Waals surface area contributed by atoms with Crippen molar-refractivity contribution in [3.63, 3.8) is 0 Å². The smallest absolute Gasteiger partial charge is 0.425 e. The molecule has 0 N–H and O–H groups in total. The fraction of sp³-hybridized carbons (Fsp3) is 0.517. The minimum absolute atomic E-state index is 0.0285. The van der Waals surface area contributed by atoms with Gasteiger partial charge < -0.3 is 23.8 Å². The second-order valence-electron chi connectivity index (χ2n) is 11.2. The lowest BCUT2D eigenvalue weighted by Gasteiger charge is -2.30. The molecule has 0 aliphatic rings. The number of ether oxygens (including phenoxy) is 4. The highest BCUT2D eigenvalue weighted by atomic mass is 16.6. The van der Waals surface area contributed by atoms with Crippen LogP contribution in [0.4, 0.5) is 21.2 Å². The number of esters is 1. The number of rotatable bonds is 8. The predicted octanol–water partition coefficient (Wildman–Crippen LogP) is 6.53. The average molecular weight is 544 g/mol. The number of para-hydroxylation sites is 1. The van der Waals surface area contributed by atoms with Gasteiger partial charge in [0.05, 0.1) is 6.61 Å². The summed E-state index contributed by atoms with van der Waals surface area (Å²) in [4.78, 5) is 47.6. The van der Waals surface area contributed by atoms with Crippen LogP contribution in [0.2, 0.25) is 0 Å². The Kier molecular flexibility index (Phi) is 10.3. The zero-order chi connectivity index (χ0) is 29.5. The molecule has 0 aliphatic heterocycles. The molecule has 0 atom stereocenters. The van der Waals surface area contributed by atoms with E-state index in [9.17, 15) is 14.4 Å². The summed E-state index contributed by atoms with van der Waals surface area (Å²) in [7, 11) is 3.46. The molecule has 2 aromatic rings. The zero-order valence-electron chi connectivity index (χ0n) is 24.7. The first kappa shape index (κ1) is 31.4. The van der Waals surface area contributed by atoms with E-state index in [1.54, 1.807) is 97.8 Å². The van der Waals surface area contributed by atoms with Crippen molar-refractivity contribution in [3.8, 4) is 11.5 Å². The molecule has 0 radical (unpaired) electrons. The number of nitrogens with zero attached hydrogens (tertiary/aromatic N) is 3. The van der Waals surface area contributed by atoms with Gasteiger partial charge in [0.25, 0.3) is 0 Å². The van der Waals surface area contributed by atoms with E-state index in [4.69, 9.17) is 18.9 Å². The van der Waals surface area contributed by atoms with Crippen molar-refractivity contribution in [2.75, 3.05) is 30.5 Å². The summed E-state index contributed by atoms with van der Waals surface area (Å²) >= 11 is 0. The Morgan fingerprint density at radius 3 is 1.87 bits per heavy atom. The molecular formula is C29H41N3O7. The van der Waals surface area contributed by atoms with Crippen molar-refractivity contribution in [1.29, 1.82) is 0 Å². The number of amides is 2. The maximum Gasteiger partial charge on any atom is 0.425 e. The Morgan fingerprint density at radius 1 is 0.872 bits per heavy atom. The van der Waals surface area contributed by atoms with Gasteiger partial charge in [-0.15, -0.1) is 0 Å². The Labute approximate surface area is 231 Å². The second-order valence-corrected chi connectivity index (χ2v) is 11.2. The highest BCUT2D eigenvalue weighted by Crippen LogP contribution is 2.39. The van der Waals surface area contributed by atoms with Crippen LogP contribution in [-0.2, 0) is 9.47 Å². The van der Waals surface area contributed by atoms with E-state index in [1.165, 1.54) is 0 Å². The van der Waals surface area contributed by atoms with Crippen LogP contribution >= 0.6 is 0 Å². The molecule has 2 amide bonds. The van der Waals surface area contributed by atoms with Crippen LogP contribution in [-0.4, -0.2) is 55.0 Å². The molecule has 0 bridgehead atoms. The summed E-state index contributed by atoms with van der Waals surface area (Å²) in [5.41, 5.74) is -1.40. The summed E-state index contributed by atoms with van der Waals surface area (Å²) in [6.45, 7) is 13.9. The lowest BCUT2D eigenvalue weighted by Crippen LogP contribution is -2.44. The number of carbonyl (C=O) groups excluding carboxylic acids is 3. The highest BCUT2D eigenvalue weighted by Gasteiger charge is 2.39. The minimum Gasteiger partial charge on any atom is -0.489 e. The van der Waals surface area contributed by atoms with Crippen LogP contribution < -0.4 is 19.3 Å². The Balaban J connectivity index is 2.87. The molecule has 10 nitrogen and oxygen atoms in total. The van der Waals surface area contributed by atoms with Gasteiger partial charge in [0, 0.05) is 19.7 Å². The van der Waals surface area contributed by atoms with Crippen LogP contribution in [0.25, 0.3) is 0 Å². The number of anilines is 2. The Hall–Kier alpha value is -3.82. The number of hydrogen-bond acceptors (Lipinski definition) is 9. The van der Waals surface area contributed by atoms with Gasteiger partial charge in [0.2, 0.25) is 0 Å². The van der Waals surface area contributed by atoms with Crippen LogP contribution in [0.15, 0.2) is 30.3 Å². The van der Waals surface area contributed by atoms with E-state index in [1.807, 2.05) is 6.92 Å². The van der Waals surface area contributed by atoms with Crippen LogP contribution in [0, 0.1) is 6.92 Å². The van der Waals surface area contributed by atoms with Crippen molar-refractivity contribution in [3.05, 3.63) is 41.5 Å². The van der Waals surface area contributed by atoms with E-state index in [0.717, 1.165) is 6.42 Å². The molecule has 1 heterocycles. The molecule has 0 saturated carbocycles. The molecule has 39 heavy (non-hydrogen) atoms. The molecule has 0 saturated heterocycles. The fourth-order valence-corrected chi connectivity index (χ4v) is 3.43. The summed E-state index contributed by atoms with van der Waals surface area (Å²) in [6.07, 6.45) is -0.593. The van der Waals surface area contributed by atoms with Gasteiger partial charge in [-0.1, -0.05) is 31.5 Å². The molecule has 0 aliphatic carbocycles. The number of pyridine rings is 1. The van der Waals surface area contributed by atoms with Crippen LogP contribution in [0.3, 0.4) is 0 Å². The average Bonchev–Trinajstić information content (AvgIpc) is 2.78. The lowest BCUT2D eigenvalue weighted by atomic mass is 10.1. The number of unbranched alkanes of at least 4 members (excludes halogenated alkanes) is 1. The predicted molar refractivity (Wildman–Crippen MR) is 150 cm³/mol. The largest absolute Gasteiger partial charge is 0.489 e. The van der Waals surface area contributed by atoms with Gasteiger partial charge in [-0.05, 0) is 67.0 Å². The van der Waals surface area contributed by atoms with Crippen molar-refractivity contribution >= 4 is 29.8 Å². The number of benzene rings is 1. The van der Waals surface area contributed by atoms with Gasteiger partial charge >= 0.3 is 18.2 Å². The van der Waals surface area contributed by atoms with Gasteiger partial charge in [-0.3, -0.25) is 0 Å². The van der Waals surface area contributed by atoms with E-state index in [-0.39, 0.29) is 23.7 Å². The van der Waals surface area contributed by atoms with E-state index in [0.29, 0.717) is 28.5 Å². The molecular weight excluding hydrogens is 502 g/mol. The van der Waals surface area contributed by atoms with Gasteiger partial charge in [0.15, 0.2) is 11.6 Å². The third kappa shape index (κ3) is 8.87. The first-order valence-corrected chi connectivity index (χ1v) is 12.9. The SMILES string of the molecule is CCCCOc1c(N(C(=O)OC(C)(C)C)C(=O)OC(C)(C)C)nc(N(C)C)c(C)c1C(=O)Oc1ccccc1. The first-order chi connectivity index (χ1) is 18.1. The summed E-state index contributed by atoms with van der Waals surface area (Å²) in [5, 5.41) is 0. The molecule has 0 spiro atoms. The Morgan fingerprint density at radius 2 is 1.41 bits per heavy atom. The zero-order valence-corrected chi connectivity index (χ0v) is 24.7. The fourth-order valence-electron chi connectivity index (χ4n) is 3.43. The topological polar surface area (TPSA) is 107 Å². The van der Waals surface area contributed by atoms with Gasteiger partial charge in [-0.25, -0.2) is 19.4 Å². The number of imide groups is 1. The minimum atomic E-state index is -1.03. The maximum atomic E-state index is 13.6. The van der Waals surface area contributed by atoms with Crippen molar-refractivity contribution < 1.29 is 33.3 Å². The highest BCUT2D eigenvalue weighted by molar-refractivity contribution is 6.11. The van der Waals surface area contributed by atoms with Crippen molar-refractivity contribution in [2.24, 2.45) is 0 Å². The van der Waals surface area contributed by atoms with Crippen LogP contribution in [0.5, 0.6) is 11.5 Å². The van der Waals surface area contributed by atoms with Crippen molar-refractivity contribution in [1.82, 2.24) is 4.98 Å². The number of carbonyl (C=O) groups is 3. The first-order valence-electron chi connectivity index (χ1n) is 12.9. The van der Waals surface area contributed by atoms with Gasteiger partial charge in [0.1, 0.15) is 28.3 Å². The molecule has 0 fully saturated rings. The van der Waals surface area contributed by atoms with E-state index in [2.05, 4.69) is 4.98 Å². The monoisotopic (exact) mass is 543 g/mol. The third-order valence-corrected chi connectivity index (χ3v) is 5.04. The normalized spacial score (nSPS) is 11.4. The molecule has 214 valence electrons. The molecule has 2 rings (SSSR count). The second kappa shape index (κ2) is 12.8. The maximum absolute atomic E-state index is 13.6. The summed E-state index contributed by atoms with van der Waals surface area (Å²) < 4.78 is 22.9. The van der Waals surface area contributed by atoms with E-state index < -0.39 is 29.4 Å². The van der Waals surface area contributed by atoms with E-state index >= 15 is 0 Å². The summed E-state index contributed by atoms with van der Waals surface area (Å²) in [5.74, 6) is -0.398. The van der Waals surface area contributed by atoms with Crippen molar-refractivity contribution in [2.45, 2.75) is 79.4 Å². The third-order valence-electron chi connectivity index (χ3n) is 5.04. The standard InChI is InChI=1S/C29H41N3O7/c1-11-12-18-36-22-21(25(33)37-20-16-14-13-15-17-20)19(2)23(31(9)10)30-24(22)32(26(34)38-28(3,4)5)27(35)39-29(6,7)8/h13-17H,11-12,18H2,1-10H3.